The second-order valence-electron chi connectivity index (χ2n) is 6.65. The average molecular weight is 433 g/mol. The van der Waals surface area contributed by atoms with Crippen LogP contribution in [-0.2, 0) is 10.5 Å². The van der Waals surface area contributed by atoms with Crippen LogP contribution in [0.1, 0.15) is 15.9 Å². The van der Waals surface area contributed by atoms with Gasteiger partial charge in [0.15, 0.2) is 11.8 Å². The van der Waals surface area contributed by atoms with Crippen molar-refractivity contribution in [2.45, 2.75) is 10.9 Å². The molecule has 0 saturated heterocycles. The van der Waals surface area contributed by atoms with Gasteiger partial charge in [-0.05, 0) is 42.0 Å². The highest BCUT2D eigenvalue weighted by molar-refractivity contribution is 7.98. The molecular formula is C23H20N4O3S. The van der Waals surface area contributed by atoms with Crippen LogP contribution in [0.4, 0.5) is 0 Å². The van der Waals surface area contributed by atoms with Gasteiger partial charge in [-0.25, -0.2) is 4.98 Å². The van der Waals surface area contributed by atoms with E-state index in [4.69, 9.17) is 4.74 Å². The van der Waals surface area contributed by atoms with Crippen LogP contribution in [-0.4, -0.2) is 28.4 Å². The number of nitrogens with one attached hydrogen (secondary N) is 3. The first-order valence-electron chi connectivity index (χ1n) is 9.61. The number of hydrogen-bond donors (Lipinski definition) is 3. The van der Waals surface area contributed by atoms with Crippen LogP contribution in [0.3, 0.4) is 0 Å². The van der Waals surface area contributed by atoms with E-state index in [1.807, 2.05) is 54.6 Å². The van der Waals surface area contributed by atoms with Crippen molar-refractivity contribution in [1.29, 1.82) is 0 Å². The summed E-state index contributed by atoms with van der Waals surface area (Å²) in [4.78, 5) is 31.9. The first-order valence-corrected chi connectivity index (χ1v) is 10.6. The third-order valence-corrected chi connectivity index (χ3v) is 5.33. The van der Waals surface area contributed by atoms with Crippen molar-refractivity contribution in [3.05, 3.63) is 90.0 Å². The van der Waals surface area contributed by atoms with E-state index in [0.29, 0.717) is 11.3 Å². The Morgan fingerprint density at radius 1 is 0.903 bits per heavy atom. The third-order valence-electron chi connectivity index (χ3n) is 4.39. The fourth-order valence-electron chi connectivity index (χ4n) is 2.80. The topological polar surface area (TPSA) is 96.1 Å². The summed E-state index contributed by atoms with van der Waals surface area (Å²) in [6.45, 7) is -0.192. The van der Waals surface area contributed by atoms with Gasteiger partial charge in [-0.1, -0.05) is 54.2 Å². The van der Waals surface area contributed by atoms with E-state index in [9.17, 15) is 9.59 Å². The molecule has 0 aliphatic rings. The Morgan fingerprint density at radius 3 is 2.42 bits per heavy atom. The van der Waals surface area contributed by atoms with Gasteiger partial charge in [0.2, 0.25) is 0 Å². The van der Waals surface area contributed by atoms with Gasteiger partial charge in [-0.2, -0.15) is 0 Å². The molecule has 2 amide bonds. The normalized spacial score (nSPS) is 10.6. The van der Waals surface area contributed by atoms with E-state index in [0.717, 1.165) is 27.5 Å². The molecule has 31 heavy (non-hydrogen) atoms. The molecule has 0 atom stereocenters. The van der Waals surface area contributed by atoms with Gasteiger partial charge in [0.25, 0.3) is 11.8 Å². The first-order chi connectivity index (χ1) is 15.2. The molecule has 0 saturated carbocycles. The fourth-order valence-corrected chi connectivity index (χ4v) is 3.64. The van der Waals surface area contributed by atoms with Crippen LogP contribution in [0.25, 0.3) is 11.0 Å². The number of carbonyl (C=O) groups excluding carboxylic acids is 2. The van der Waals surface area contributed by atoms with Gasteiger partial charge in [-0.15, -0.1) is 0 Å². The Morgan fingerprint density at radius 2 is 1.65 bits per heavy atom. The summed E-state index contributed by atoms with van der Waals surface area (Å²) < 4.78 is 5.33. The van der Waals surface area contributed by atoms with Gasteiger partial charge in [0.1, 0.15) is 5.75 Å². The number of nitrogens with zero attached hydrogens (tertiary/aromatic N) is 1. The van der Waals surface area contributed by atoms with E-state index >= 15 is 0 Å². The SMILES string of the molecule is O=C(COc1ccccc1)NNC(=O)c1ccc(CSc2nc3ccccc3[nH]2)cc1. The quantitative estimate of drug-likeness (QED) is 0.306. The number of amides is 2. The van der Waals surface area contributed by atoms with E-state index in [1.165, 1.54) is 0 Å². The maximum absolute atomic E-state index is 12.2. The molecule has 0 fully saturated rings. The molecule has 0 aliphatic heterocycles. The molecule has 7 nitrogen and oxygen atoms in total. The molecule has 0 aliphatic carbocycles. The molecular weight excluding hydrogens is 412 g/mol. The van der Waals surface area contributed by atoms with Crippen molar-refractivity contribution >= 4 is 34.6 Å². The Balaban J connectivity index is 1.23. The number of fused-ring (bicyclic) bond motifs is 1. The number of ether oxygens (including phenoxy) is 1. The molecule has 1 heterocycles. The van der Waals surface area contributed by atoms with Crippen LogP contribution < -0.4 is 15.6 Å². The molecule has 3 N–H and O–H groups in total. The molecule has 0 radical (unpaired) electrons. The highest BCUT2D eigenvalue weighted by Gasteiger charge is 2.09. The minimum atomic E-state index is -0.448. The lowest BCUT2D eigenvalue weighted by atomic mass is 10.1. The molecule has 1 aromatic heterocycles. The van der Waals surface area contributed by atoms with Crippen LogP contribution in [0.15, 0.2) is 84.0 Å². The molecule has 4 aromatic rings. The van der Waals surface area contributed by atoms with E-state index in [-0.39, 0.29) is 6.61 Å². The molecule has 0 unspecified atom stereocenters. The Bertz CT molecular complexity index is 1140. The third kappa shape index (κ3) is 5.64. The largest absolute Gasteiger partial charge is 0.484 e. The van der Waals surface area contributed by atoms with Gasteiger partial charge < -0.3 is 9.72 Å². The highest BCUT2D eigenvalue weighted by Crippen LogP contribution is 2.23. The zero-order valence-corrected chi connectivity index (χ0v) is 17.3. The lowest BCUT2D eigenvalue weighted by Gasteiger charge is -2.09. The molecule has 3 aromatic carbocycles. The number of para-hydroxylation sites is 3. The summed E-state index contributed by atoms with van der Waals surface area (Å²) in [5.41, 5.74) is 8.18. The number of hydrazine groups is 1. The Labute approximate surface area is 183 Å². The van der Waals surface area contributed by atoms with Crippen molar-refractivity contribution < 1.29 is 14.3 Å². The van der Waals surface area contributed by atoms with Gasteiger partial charge in [0.05, 0.1) is 11.0 Å². The lowest BCUT2D eigenvalue weighted by Crippen LogP contribution is -2.43. The number of imidazole rings is 1. The van der Waals surface area contributed by atoms with Crippen molar-refractivity contribution in [2.24, 2.45) is 0 Å². The molecule has 4 rings (SSSR count). The molecule has 0 spiro atoms. The number of hydrogen-bond acceptors (Lipinski definition) is 5. The van der Waals surface area contributed by atoms with Crippen molar-refractivity contribution in [3.63, 3.8) is 0 Å². The van der Waals surface area contributed by atoms with Crippen molar-refractivity contribution in [3.8, 4) is 5.75 Å². The number of benzene rings is 3. The number of carbonyl (C=O) groups is 2. The maximum Gasteiger partial charge on any atom is 0.276 e. The zero-order chi connectivity index (χ0) is 21.5. The number of aromatic amines is 1. The maximum atomic E-state index is 12.2. The van der Waals surface area contributed by atoms with Gasteiger partial charge in [-0.3, -0.25) is 20.4 Å². The monoisotopic (exact) mass is 432 g/mol. The Hall–Kier alpha value is -3.78. The van der Waals surface area contributed by atoms with Crippen molar-refractivity contribution in [2.75, 3.05) is 6.61 Å². The van der Waals surface area contributed by atoms with Crippen molar-refractivity contribution in [1.82, 2.24) is 20.8 Å². The first kappa shape index (κ1) is 20.5. The van der Waals surface area contributed by atoms with Crippen LogP contribution in [0, 0.1) is 0 Å². The van der Waals surface area contributed by atoms with E-state index in [1.54, 1.807) is 36.0 Å². The lowest BCUT2D eigenvalue weighted by molar-refractivity contribution is -0.123. The van der Waals surface area contributed by atoms with Crippen LogP contribution >= 0.6 is 11.8 Å². The number of aromatic nitrogens is 2. The number of thioether (sulfide) groups is 1. The summed E-state index contributed by atoms with van der Waals surface area (Å²) in [5, 5.41) is 0.850. The fraction of sp³-hybridized carbons (Fsp3) is 0.0870. The predicted octanol–water partition coefficient (Wildman–Crippen LogP) is 3.70. The average Bonchev–Trinajstić information content (AvgIpc) is 3.24. The summed E-state index contributed by atoms with van der Waals surface area (Å²) in [6, 6.07) is 24.1. The second kappa shape index (κ2) is 9.82. The smallest absolute Gasteiger partial charge is 0.276 e. The standard InChI is InChI=1S/C23H20N4O3S/c28-21(14-30-18-6-2-1-3-7-18)26-27-22(29)17-12-10-16(11-13-17)15-31-23-24-19-8-4-5-9-20(19)25-23/h1-13H,14-15H2,(H,24,25)(H,26,28)(H,27,29). The number of rotatable bonds is 7. The second-order valence-corrected chi connectivity index (χ2v) is 7.61. The van der Waals surface area contributed by atoms with Crippen LogP contribution in [0.2, 0.25) is 0 Å². The van der Waals surface area contributed by atoms with E-state index < -0.39 is 11.8 Å². The van der Waals surface area contributed by atoms with E-state index in [2.05, 4.69) is 20.8 Å². The summed E-state index contributed by atoms with van der Waals surface area (Å²) in [6.07, 6.45) is 0. The highest BCUT2D eigenvalue weighted by atomic mass is 32.2. The van der Waals surface area contributed by atoms with Gasteiger partial charge >= 0.3 is 0 Å². The minimum Gasteiger partial charge on any atom is -0.484 e. The zero-order valence-electron chi connectivity index (χ0n) is 16.5. The summed E-state index contributed by atoms with van der Waals surface area (Å²) >= 11 is 1.59. The number of H-pyrrole nitrogens is 1. The Kier molecular flexibility index (Phi) is 6.49. The predicted molar refractivity (Wildman–Crippen MR) is 120 cm³/mol. The molecule has 8 heteroatoms. The van der Waals surface area contributed by atoms with Gasteiger partial charge in [0, 0.05) is 11.3 Å². The summed E-state index contributed by atoms with van der Waals surface area (Å²) in [7, 11) is 0. The molecule has 0 bridgehead atoms. The minimum absolute atomic E-state index is 0.192. The van der Waals surface area contributed by atoms with Crippen LogP contribution in [0.5, 0.6) is 5.75 Å². The molecule has 156 valence electrons. The summed E-state index contributed by atoms with van der Waals surface area (Å²) in [5.74, 6) is 0.454.